The molecule has 11 heteroatoms. The Labute approximate surface area is 198 Å². The molecule has 0 amide bonds. The fraction of sp³-hybridized carbons (Fsp3) is 0.391. The van der Waals surface area contributed by atoms with Crippen LogP contribution in [0.2, 0.25) is 0 Å². The number of allylic oxidation sites excluding steroid dienone is 1. The van der Waals surface area contributed by atoms with Crippen LogP contribution in [0.1, 0.15) is 43.9 Å². The molecule has 0 fully saturated rings. The molecule has 1 atom stereocenters. The summed E-state index contributed by atoms with van der Waals surface area (Å²) < 4.78 is 41.1. The summed E-state index contributed by atoms with van der Waals surface area (Å²) in [7, 11) is -2.16. The lowest BCUT2D eigenvalue weighted by molar-refractivity contribution is -0.143. The number of hydrogen-bond donors (Lipinski definition) is 2. The second-order valence-electron chi connectivity index (χ2n) is 8.04. The number of aliphatic hydroxyl groups excluding tert-OH is 1. The number of sulfone groups is 1. The molecule has 2 aromatic rings. The van der Waals surface area contributed by atoms with E-state index in [2.05, 4.69) is 20.0 Å². The van der Waals surface area contributed by atoms with Crippen LogP contribution in [0.4, 0.5) is 10.3 Å². The van der Waals surface area contributed by atoms with Crippen LogP contribution < -0.4 is 5.32 Å². The molecular weight excluding hydrogens is 465 g/mol. The number of ketones is 1. The zero-order valence-electron chi connectivity index (χ0n) is 19.4. The average Bonchev–Trinajstić information content (AvgIpc) is 2.75. The second kappa shape index (κ2) is 11.8. The summed E-state index contributed by atoms with van der Waals surface area (Å²) in [6.07, 6.45) is 2.04. The fourth-order valence-electron chi connectivity index (χ4n) is 3.02. The predicted octanol–water partition coefficient (Wildman–Crippen LogP) is 2.72. The van der Waals surface area contributed by atoms with Gasteiger partial charge in [-0.3, -0.25) is 9.59 Å². The van der Waals surface area contributed by atoms with E-state index in [9.17, 15) is 27.5 Å². The molecule has 0 aliphatic rings. The van der Waals surface area contributed by atoms with Gasteiger partial charge < -0.3 is 15.2 Å². The molecule has 2 rings (SSSR count). The number of rotatable bonds is 11. The highest BCUT2D eigenvalue weighted by atomic mass is 32.2. The van der Waals surface area contributed by atoms with Gasteiger partial charge in [0.25, 0.3) is 0 Å². The van der Waals surface area contributed by atoms with Gasteiger partial charge in [-0.15, -0.1) is 0 Å². The number of nitrogens with one attached hydrogen (secondary N) is 1. The molecule has 1 unspecified atom stereocenters. The maximum atomic E-state index is 13.5. The average molecular weight is 494 g/mol. The number of ether oxygens (including phenoxy) is 1. The van der Waals surface area contributed by atoms with Crippen molar-refractivity contribution in [3.8, 4) is 11.3 Å². The molecule has 9 nitrogen and oxygen atoms in total. The highest BCUT2D eigenvalue weighted by molar-refractivity contribution is 7.90. The molecule has 1 aromatic carbocycles. The highest BCUT2D eigenvalue weighted by Crippen LogP contribution is 2.30. The predicted molar refractivity (Wildman–Crippen MR) is 126 cm³/mol. The Hall–Kier alpha value is -3.18. The van der Waals surface area contributed by atoms with Gasteiger partial charge in [0.2, 0.25) is 5.95 Å². The van der Waals surface area contributed by atoms with Gasteiger partial charge in [0.05, 0.1) is 31.0 Å². The Morgan fingerprint density at radius 3 is 2.38 bits per heavy atom. The van der Waals surface area contributed by atoms with E-state index in [-0.39, 0.29) is 30.6 Å². The minimum atomic E-state index is -3.35. The number of nitrogens with zero attached hydrogens (tertiary/aromatic N) is 2. The Kier molecular flexibility index (Phi) is 9.39. The number of esters is 1. The van der Waals surface area contributed by atoms with E-state index in [0.717, 1.165) is 6.26 Å². The standard InChI is InChI=1S/C23H28FN3O6S/c1-14(2)21-19(10-9-17(28)11-18(29)12-20(30)33-3)22(15-5-7-16(24)8-6-15)27-23(26-21)25-13-34(4,31)32/h5-10,14,18,29H,11-13H2,1-4H3,(H,25,26,27). The zero-order chi connectivity index (χ0) is 25.5. The third-order valence-corrected chi connectivity index (χ3v) is 5.30. The number of carbonyl (C=O) groups is 2. The minimum Gasteiger partial charge on any atom is -0.469 e. The molecule has 0 aliphatic carbocycles. The van der Waals surface area contributed by atoms with Gasteiger partial charge in [0, 0.05) is 23.8 Å². The number of anilines is 1. The van der Waals surface area contributed by atoms with E-state index in [1.807, 2.05) is 13.8 Å². The van der Waals surface area contributed by atoms with Gasteiger partial charge in [-0.2, -0.15) is 0 Å². The van der Waals surface area contributed by atoms with E-state index >= 15 is 0 Å². The first-order valence-corrected chi connectivity index (χ1v) is 12.5. The molecule has 1 aromatic heterocycles. The van der Waals surface area contributed by atoms with Crippen molar-refractivity contribution in [3.05, 3.63) is 47.4 Å². The number of aliphatic hydroxyl groups is 1. The highest BCUT2D eigenvalue weighted by Gasteiger charge is 2.19. The Bertz CT molecular complexity index is 1160. The molecule has 0 saturated heterocycles. The van der Waals surface area contributed by atoms with Crippen molar-refractivity contribution in [2.45, 2.75) is 38.7 Å². The molecule has 0 aliphatic heterocycles. The summed E-state index contributed by atoms with van der Waals surface area (Å²) in [5.41, 5.74) is 1.92. The largest absolute Gasteiger partial charge is 0.469 e. The van der Waals surface area contributed by atoms with Crippen LogP contribution in [0.5, 0.6) is 0 Å². The van der Waals surface area contributed by atoms with Crippen molar-refractivity contribution >= 4 is 33.6 Å². The first-order chi connectivity index (χ1) is 15.9. The van der Waals surface area contributed by atoms with Gasteiger partial charge in [0.15, 0.2) is 15.6 Å². The normalized spacial score (nSPS) is 12.7. The Balaban J connectivity index is 2.49. The monoisotopic (exact) mass is 493 g/mol. The molecule has 0 radical (unpaired) electrons. The van der Waals surface area contributed by atoms with E-state index in [1.165, 1.54) is 43.5 Å². The Morgan fingerprint density at radius 1 is 1.18 bits per heavy atom. The molecule has 0 spiro atoms. The Morgan fingerprint density at radius 2 is 1.82 bits per heavy atom. The molecule has 0 saturated carbocycles. The van der Waals surface area contributed by atoms with Gasteiger partial charge in [-0.05, 0) is 42.3 Å². The van der Waals surface area contributed by atoms with Crippen molar-refractivity contribution in [3.63, 3.8) is 0 Å². The van der Waals surface area contributed by atoms with Crippen molar-refractivity contribution in [1.82, 2.24) is 9.97 Å². The number of aromatic nitrogens is 2. The number of benzene rings is 1. The quantitative estimate of drug-likeness (QED) is 0.358. The first-order valence-electron chi connectivity index (χ1n) is 10.4. The van der Waals surface area contributed by atoms with Gasteiger partial charge >= 0.3 is 5.97 Å². The molecule has 184 valence electrons. The smallest absolute Gasteiger partial charge is 0.308 e. The third kappa shape index (κ3) is 8.31. The van der Waals surface area contributed by atoms with E-state index < -0.39 is 33.5 Å². The van der Waals surface area contributed by atoms with Crippen LogP contribution >= 0.6 is 0 Å². The van der Waals surface area contributed by atoms with Gasteiger partial charge in [0.1, 0.15) is 11.7 Å². The molecule has 1 heterocycles. The van der Waals surface area contributed by atoms with E-state index in [0.29, 0.717) is 22.5 Å². The van der Waals surface area contributed by atoms with Crippen molar-refractivity contribution in [1.29, 1.82) is 0 Å². The SMILES string of the molecule is COC(=O)CC(O)CC(=O)C=Cc1c(-c2ccc(F)cc2)nc(NCS(C)(=O)=O)nc1C(C)C. The lowest BCUT2D eigenvalue weighted by Crippen LogP contribution is -2.17. The zero-order valence-corrected chi connectivity index (χ0v) is 20.2. The van der Waals surface area contributed by atoms with Crippen LogP contribution in [0.3, 0.4) is 0 Å². The summed E-state index contributed by atoms with van der Waals surface area (Å²) in [5, 5.41) is 12.6. The molecule has 34 heavy (non-hydrogen) atoms. The maximum Gasteiger partial charge on any atom is 0.308 e. The van der Waals surface area contributed by atoms with Crippen LogP contribution in [0.25, 0.3) is 17.3 Å². The molecule has 2 N–H and O–H groups in total. The minimum absolute atomic E-state index is 0.0745. The van der Waals surface area contributed by atoms with Crippen LogP contribution in [-0.2, 0) is 24.2 Å². The van der Waals surface area contributed by atoms with Crippen LogP contribution in [-0.4, -0.2) is 60.6 Å². The topological polar surface area (TPSA) is 136 Å². The summed E-state index contributed by atoms with van der Waals surface area (Å²) in [4.78, 5) is 32.5. The molecule has 0 bridgehead atoms. The maximum absolute atomic E-state index is 13.5. The van der Waals surface area contributed by atoms with Gasteiger partial charge in [-0.1, -0.05) is 13.8 Å². The second-order valence-corrected chi connectivity index (χ2v) is 10.2. The number of halogens is 1. The summed E-state index contributed by atoms with van der Waals surface area (Å²) in [6, 6.07) is 5.55. The number of hydrogen-bond acceptors (Lipinski definition) is 9. The summed E-state index contributed by atoms with van der Waals surface area (Å²) in [6.45, 7) is 3.74. The lowest BCUT2D eigenvalue weighted by Gasteiger charge is -2.16. The number of carbonyl (C=O) groups excluding carboxylic acids is 2. The summed E-state index contributed by atoms with van der Waals surface area (Å²) >= 11 is 0. The number of methoxy groups -OCH3 is 1. The summed E-state index contributed by atoms with van der Waals surface area (Å²) in [5.74, 6) is -1.94. The lowest BCUT2D eigenvalue weighted by atomic mass is 9.97. The van der Waals surface area contributed by atoms with Crippen molar-refractivity contribution in [2.24, 2.45) is 0 Å². The van der Waals surface area contributed by atoms with Gasteiger partial charge in [-0.25, -0.2) is 22.8 Å². The fourth-order valence-corrected chi connectivity index (χ4v) is 3.41. The van der Waals surface area contributed by atoms with Crippen LogP contribution in [0, 0.1) is 5.82 Å². The van der Waals surface area contributed by atoms with Crippen LogP contribution in [0.15, 0.2) is 30.3 Å². The van der Waals surface area contributed by atoms with E-state index in [1.54, 1.807) is 0 Å². The third-order valence-electron chi connectivity index (χ3n) is 4.63. The van der Waals surface area contributed by atoms with E-state index in [4.69, 9.17) is 0 Å². The van der Waals surface area contributed by atoms with Crippen molar-refractivity contribution in [2.75, 3.05) is 24.6 Å². The van der Waals surface area contributed by atoms with Crippen molar-refractivity contribution < 1.29 is 32.2 Å². The molecular formula is C23H28FN3O6S. The first kappa shape index (κ1) is 27.1.